The number of hydrogen-bond acceptors (Lipinski definition) is 5. The van der Waals surface area contributed by atoms with Gasteiger partial charge in [-0.3, -0.25) is 0 Å². The first-order chi connectivity index (χ1) is 8.22. The molecule has 0 amide bonds. The van der Waals surface area contributed by atoms with Gasteiger partial charge in [0.15, 0.2) is 5.69 Å². The van der Waals surface area contributed by atoms with Gasteiger partial charge in [-0.25, -0.2) is 4.98 Å². The van der Waals surface area contributed by atoms with E-state index in [1.54, 1.807) is 12.3 Å². The van der Waals surface area contributed by atoms with Gasteiger partial charge in [-0.1, -0.05) is 5.16 Å². The van der Waals surface area contributed by atoms with Crippen molar-refractivity contribution >= 4 is 5.69 Å². The van der Waals surface area contributed by atoms with Crippen LogP contribution in [0, 0.1) is 25.2 Å². The number of hydrogen-bond donors (Lipinski definition) is 1. The van der Waals surface area contributed by atoms with E-state index in [9.17, 15) is 0 Å². The van der Waals surface area contributed by atoms with Crippen molar-refractivity contribution in [2.75, 3.05) is 5.32 Å². The number of nitriles is 1. The third kappa shape index (κ3) is 2.26. The number of anilines is 1. The lowest BCUT2D eigenvalue weighted by molar-refractivity contribution is 0.392. The highest BCUT2D eigenvalue weighted by Gasteiger charge is 2.09. The van der Waals surface area contributed by atoms with Crippen LogP contribution in [0.4, 0.5) is 5.69 Å². The summed E-state index contributed by atoms with van der Waals surface area (Å²) < 4.78 is 5.07. The Bertz CT molecular complexity index is 549. The first-order valence-electron chi connectivity index (χ1n) is 5.23. The second kappa shape index (κ2) is 4.66. The summed E-state index contributed by atoms with van der Waals surface area (Å²) >= 11 is 0. The van der Waals surface area contributed by atoms with Crippen LogP contribution in [0.2, 0.25) is 0 Å². The van der Waals surface area contributed by atoms with Crippen LogP contribution in [-0.4, -0.2) is 10.1 Å². The number of nitrogens with zero attached hydrogens (tertiary/aromatic N) is 3. The molecule has 2 aromatic heterocycles. The van der Waals surface area contributed by atoms with E-state index in [-0.39, 0.29) is 0 Å². The van der Waals surface area contributed by atoms with Crippen molar-refractivity contribution in [2.24, 2.45) is 0 Å². The molecule has 86 valence electrons. The first-order valence-corrected chi connectivity index (χ1v) is 5.23. The third-order valence-corrected chi connectivity index (χ3v) is 2.55. The zero-order valence-corrected chi connectivity index (χ0v) is 9.69. The van der Waals surface area contributed by atoms with Gasteiger partial charge < -0.3 is 9.84 Å². The van der Waals surface area contributed by atoms with Crippen molar-refractivity contribution in [3.63, 3.8) is 0 Å². The van der Waals surface area contributed by atoms with Gasteiger partial charge >= 0.3 is 0 Å². The van der Waals surface area contributed by atoms with Gasteiger partial charge in [0.05, 0.1) is 11.4 Å². The maximum absolute atomic E-state index is 8.90. The fourth-order valence-electron chi connectivity index (χ4n) is 1.57. The molecule has 0 unspecified atom stereocenters. The highest BCUT2D eigenvalue weighted by molar-refractivity contribution is 5.53. The SMILES string of the molecule is Cc1noc(C)c1CNc1cccnc1C#N. The van der Waals surface area contributed by atoms with Crippen molar-refractivity contribution in [1.82, 2.24) is 10.1 Å². The first kappa shape index (κ1) is 11.1. The van der Waals surface area contributed by atoms with E-state index in [0.717, 1.165) is 22.7 Å². The molecule has 2 rings (SSSR count). The van der Waals surface area contributed by atoms with Crippen LogP contribution in [0.25, 0.3) is 0 Å². The van der Waals surface area contributed by atoms with Crippen LogP contribution >= 0.6 is 0 Å². The van der Waals surface area contributed by atoms with Gasteiger partial charge in [-0.15, -0.1) is 0 Å². The Morgan fingerprint density at radius 3 is 2.94 bits per heavy atom. The van der Waals surface area contributed by atoms with Crippen LogP contribution in [0.15, 0.2) is 22.9 Å². The van der Waals surface area contributed by atoms with Crippen LogP contribution in [0.3, 0.4) is 0 Å². The summed E-state index contributed by atoms with van der Waals surface area (Å²) in [6, 6.07) is 5.65. The largest absolute Gasteiger partial charge is 0.378 e. The fourth-order valence-corrected chi connectivity index (χ4v) is 1.57. The molecule has 2 aromatic rings. The summed E-state index contributed by atoms with van der Waals surface area (Å²) in [6.45, 7) is 4.33. The molecular weight excluding hydrogens is 216 g/mol. The van der Waals surface area contributed by atoms with Crippen LogP contribution < -0.4 is 5.32 Å². The van der Waals surface area contributed by atoms with E-state index >= 15 is 0 Å². The molecule has 5 heteroatoms. The third-order valence-electron chi connectivity index (χ3n) is 2.55. The summed E-state index contributed by atoms with van der Waals surface area (Å²) in [5, 5.41) is 15.9. The molecule has 0 saturated carbocycles. The van der Waals surface area contributed by atoms with E-state index in [0.29, 0.717) is 12.2 Å². The molecule has 5 nitrogen and oxygen atoms in total. The molecule has 0 bridgehead atoms. The van der Waals surface area contributed by atoms with Gasteiger partial charge in [-0.05, 0) is 26.0 Å². The van der Waals surface area contributed by atoms with Gasteiger partial charge in [0.1, 0.15) is 11.8 Å². The zero-order valence-electron chi connectivity index (χ0n) is 9.69. The van der Waals surface area contributed by atoms with E-state index in [2.05, 4.69) is 15.5 Å². The average Bonchev–Trinajstić information content (AvgIpc) is 2.67. The molecule has 0 aromatic carbocycles. The minimum absolute atomic E-state index is 0.388. The Hall–Kier alpha value is -2.35. The molecule has 0 saturated heterocycles. The Kier molecular flexibility index (Phi) is 3.06. The van der Waals surface area contributed by atoms with Crippen molar-refractivity contribution < 1.29 is 4.52 Å². The zero-order chi connectivity index (χ0) is 12.3. The van der Waals surface area contributed by atoms with E-state index in [1.165, 1.54) is 0 Å². The molecular formula is C12H12N4O. The molecule has 0 spiro atoms. The Morgan fingerprint density at radius 1 is 1.47 bits per heavy atom. The molecule has 0 aliphatic rings. The number of aromatic nitrogens is 2. The molecule has 2 heterocycles. The Labute approximate surface area is 99.1 Å². The van der Waals surface area contributed by atoms with Gasteiger partial charge in [0, 0.05) is 18.3 Å². The molecule has 17 heavy (non-hydrogen) atoms. The van der Waals surface area contributed by atoms with Crippen LogP contribution in [0.1, 0.15) is 22.7 Å². The van der Waals surface area contributed by atoms with Crippen molar-refractivity contribution in [2.45, 2.75) is 20.4 Å². The summed E-state index contributed by atoms with van der Waals surface area (Å²) in [4.78, 5) is 3.98. The number of pyridine rings is 1. The van der Waals surface area contributed by atoms with Gasteiger partial charge in [-0.2, -0.15) is 5.26 Å². The highest BCUT2D eigenvalue weighted by Crippen LogP contribution is 2.16. The average molecular weight is 228 g/mol. The Balaban J connectivity index is 2.16. The molecule has 0 aliphatic carbocycles. The second-order valence-electron chi connectivity index (χ2n) is 3.67. The molecule has 1 N–H and O–H groups in total. The van der Waals surface area contributed by atoms with Gasteiger partial charge in [0.25, 0.3) is 0 Å². The maximum Gasteiger partial charge on any atom is 0.163 e. The lowest BCUT2D eigenvalue weighted by atomic mass is 10.2. The number of aryl methyl sites for hydroxylation is 2. The quantitative estimate of drug-likeness (QED) is 0.871. The van der Waals surface area contributed by atoms with Crippen molar-refractivity contribution in [1.29, 1.82) is 5.26 Å². The second-order valence-corrected chi connectivity index (χ2v) is 3.67. The number of nitrogens with one attached hydrogen (secondary N) is 1. The molecule has 0 radical (unpaired) electrons. The normalized spacial score (nSPS) is 9.94. The van der Waals surface area contributed by atoms with Gasteiger partial charge in [0.2, 0.25) is 0 Å². The molecule has 0 atom stereocenters. The minimum Gasteiger partial charge on any atom is -0.378 e. The smallest absolute Gasteiger partial charge is 0.163 e. The van der Waals surface area contributed by atoms with Crippen molar-refractivity contribution in [3.05, 3.63) is 41.0 Å². The van der Waals surface area contributed by atoms with Crippen LogP contribution in [0.5, 0.6) is 0 Å². The molecule has 0 fully saturated rings. The van der Waals surface area contributed by atoms with Crippen molar-refractivity contribution in [3.8, 4) is 6.07 Å². The van der Waals surface area contributed by atoms with E-state index in [1.807, 2.05) is 26.0 Å². The number of rotatable bonds is 3. The fraction of sp³-hybridized carbons (Fsp3) is 0.250. The summed E-state index contributed by atoms with van der Waals surface area (Å²) in [7, 11) is 0. The lowest BCUT2D eigenvalue weighted by Crippen LogP contribution is -2.03. The predicted octanol–water partition coefficient (Wildman–Crippen LogP) is 2.17. The summed E-state index contributed by atoms with van der Waals surface area (Å²) in [5.74, 6) is 0.789. The Morgan fingerprint density at radius 2 is 2.29 bits per heavy atom. The maximum atomic E-state index is 8.90. The highest BCUT2D eigenvalue weighted by atomic mass is 16.5. The predicted molar refractivity (Wildman–Crippen MR) is 62.3 cm³/mol. The summed E-state index contributed by atoms with van der Waals surface area (Å²) in [5.41, 5.74) is 2.98. The minimum atomic E-state index is 0.388. The monoisotopic (exact) mass is 228 g/mol. The van der Waals surface area contributed by atoms with Crippen LogP contribution in [-0.2, 0) is 6.54 Å². The topological polar surface area (TPSA) is 74.7 Å². The molecule has 0 aliphatic heterocycles. The standard InChI is InChI=1S/C12H12N4O/c1-8-10(9(2)17-16-8)7-15-11-4-3-5-14-12(11)6-13/h3-5,15H,7H2,1-2H3. The van der Waals surface area contributed by atoms with E-state index < -0.39 is 0 Å². The summed E-state index contributed by atoms with van der Waals surface area (Å²) in [6.07, 6.45) is 1.60. The lowest BCUT2D eigenvalue weighted by Gasteiger charge is -2.06. The van der Waals surface area contributed by atoms with E-state index in [4.69, 9.17) is 9.78 Å².